The Labute approximate surface area is 127 Å². The molecule has 0 fully saturated rings. The Balaban J connectivity index is 2.30. The van der Waals surface area contributed by atoms with Crippen molar-refractivity contribution in [3.05, 3.63) is 53.7 Å². The standard InChI is InChI=1S/C18H24N2O/c1-4-13(2)16-9-5-6-10-17(16)21-18-15(12-14(3)19)8-7-11-20-18/h5-11,13-14H,4,12,19H2,1-3H3. The predicted octanol–water partition coefficient (Wildman–Crippen LogP) is 4.28. The molecule has 2 unspecified atom stereocenters. The van der Waals surface area contributed by atoms with E-state index in [1.54, 1.807) is 6.20 Å². The van der Waals surface area contributed by atoms with Crippen molar-refractivity contribution in [2.24, 2.45) is 5.73 Å². The quantitative estimate of drug-likeness (QED) is 0.861. The number of pyridine rings is 1. The van der Waals surface area contributed by atoms with Gasteiger partial charge in [-0.3, -0.25) is 0 Å². The van der Waals surface area contributed by atoms with E-state index in [0.717, 1.165) is 24.2 Å². The highest BCUT2D eigenvalue weighted by atomic mass is 16.5. The maximum Gasteiger partial charge on any atom is 0.222 e. The zero-order valence-electron chi connectivity index (χ0n) is 13.0. The molecule has 1 heterocycles. The molecule has 1 aromatic heterocycles. The van der Waals surface area contributed by atoms with Gasteiger partial charge in [0.2, 0.25) is 5.88 Å². The first-order valence-electron chi connectivity index (χ1n) is 7.58. The molecule has 21 heavy (non-hydrogen) atoms. The minimum atomic E-state index is 0.0846. The van der Waals surface area contributed by atoms with Crippen LogP contribution in [0.15, 0.2) is 42.6 Å². The summed E-state index contributed by atoms with van der Waals surface area (Å²) in [5, 5.41) is 0. The third-order valence-corrected chi connectivity index (χ3v) is 3.66. The molecule has 2 aromatic rings. The zero-order valence-corrected chi connectivity index (χ0v) is 13.0. The van der Waals surface area contributed by atoms with Crippen molar-refractivity contribution in [2.45, 2.75) is 45.6 Å². The molecule has 3 heteroatoms. The van der Waals surface area contributed by atoms with Crippen LogP contribution in [-0.4, -0.2) is 11.0 Å². The van der Waals surface area contributed by atoms with Crippen molar-refractivity contribution in [1.29, 1.82) is 0 Å². The van der Waals surface area contributed by atoms with Crippen LogP contribution in [-0.2, 0) is 6.42 Å². The first kappa shape index (κ1) is 15.5. The van der Waals surface area contributed by atoms with Crippen LogP contribution in [0.25, 0.3) is 0 Å². The lowest BCUT2D eigenvalue weighted by molar-refractivity contribution is 0.444. The molecule has 3 nitrogen and oxygen atoms in total. The molecule has 2 rings (SSSR count). The van der Waals surface area contributed by atoms with E-state index in [1.165, 1.54) is 5.56 Å². The number of benzene rings is 1. The largest absolute Gasteiger partial charge is 0.438 e. The van der Waals surface area contributed by atoms with E-state index >= 15 is 0 Å². The minimum Gasteiger partial charge on any atom is -0.438 e. The summed E-state index contributed by atoms with van der Waals surface area (Å²) in [7, 11) is 0. The molecule has 2 N–H and O–H groups in total. The summed E-state index contributed by atoms with van der Waals surface area (Å²) in [6.45, 7) is 6.39. The van der Waals surface area contributed by atoms with E-state index in [0.29, 0.717) is 11.8 Å². The second kappa shape index (κ2) is 7.23. The SMILES string of the molecule is CCC(C)c1ccccc1Oc1ncccc1CC(C)N. The molecule has 2 atom stereocenters. The lowest BCUT2D eigenvalue weighted by atomic mass is 9.98. The molecule has 0 aliphatic carbocycles. The van der Waals surface area contributed by atoms with Crippen LogP contribution in [0.4, 0.5) is 0 Å². The number of nitrogens with zero attached hydrogens (tertiary/aromatic N) is 1. The van der Waals surface area contributed by atoms with Gasteiger partial charge in [-0.2, -0.15) is 0 Å². The van der Waals surface area contributed by atoms with Gasteiger partial charge >= 0.3 is 0 Å². The molecule has 1 aromatic carbocycles. The van der Waals surface area contributed by atoms with Gasteiger partial charge in [0.05, 0.1) is 0 Å². The molecule has 0 saturated heterocycles. The molecule has 0 amide bonds. The lowest BCUT2D eigenvalue weighted by Crippen LogP contribution is -2.18. The van der Waals surface area contributed by atoms with Crippen LogP contribution >= 0.6 is 0 Å². The highest BCUT2D eigenvalue weighted by Crippen LogP contribution is 2.32. The van der Waals surface area contributed by atoms with Gasteiger partial charge in [-0.15, -0.1) is 0 Å². The van der Waals surface area contributed by atoms with Crippen LogP contribution in [0.5, 0.6) is 11.6 Å². The lowest BCUT2D eigenvalue weighted by Gasteiger charge is -2.17. The van der Waals surface area contributed by atoms with E-state index < -0.39 is 0 Å². The van der Waals surface area contributed by atoms with Crippen LogP contribution in [0.2, 0.25) is 0 Å². The molecule has 112 valence electrons. The molecule has 0 aliphatic rings. The van der Waals surface area contributed by atoms with Crippen LogP contribution in [0.1, 0.15) is 44.2 Å². The maximum atomic E-state index is 6.10. The molecular weight excluding hydrogens is 260 g/mol. The second-order valence-corrected chi connectivity index (χ2v) is 5.60. The summed E-state index contributed by atoms with van der Waals surface area (Å²) in [6.07, 6.45) is 3.59. The highest BCUT2D eigenvalue weighted by Gasteiger charge is 2.13. The third kappa shape index (κ3) is 4.05. The average molecular weight is 284 g/mol. The Kier molecular flexibility index (Phi) is 5.34. The van der Waals surface area contributed by atoms with Gasteiger partial charge in [-0.05, 0) is 43.4 Å². The number of aromatic nitrogens is 1. The molecular formula is C18H24N2O. The summed E-state index contributed by atoms with van der Waals surface area (Å²) in [6, 6.07) is 12.2. The van der Waals surface area contributed by atoms with E-state index in [2.05, 4.69) is 31.0 Å². The van der Waals surface area contributed by atoms with Gasteiger partial charge < -0.3 is 10.5 Å². The van der Waals surface area contributed by atoms with Gasteiger partial charge in [0.1, 0.15) is 5.75 Å². The Hall–Kier alpha value is -1.87. The molecule has 0 aliphatic heterocycles. The summed E-state index contributed by atoms with van der Waals surface area (Å²) < 4.78 is 6.10. The highest BCUT2D eigenvalue weighted by molar-refractivity contribution is 5.40. The second-order valence-electron chi connectivity index (χ2n) is 5.60. The van der Waals surface area contributed by atoms with Gasteiger partial charge in [0.15, 0.2) is 0 Å². The molecule has 0 bridgehead atoms. The minimum absolute atomic E-state index is 0.0846. The van der Waals surface area contributed by atoms with Crippen molar-refractivity contribution in [3.63, 3.8) is 0 Å². The summed E-state index contributed by atoms with van der Waals surface area (Å²) in [5.74, 6) is 2.00. The Morgan fingerprint density at radius 3 is 2.62 bits per heavy atom. The molecule has 0 radical (unpaired) electrons. The molecule has 0 saturated carbocycles. The number of para-hydroxylation sites is 1. The smallest absolute Gasteiger partial charge is 0.222 e. The normalized spacial score (nSPS) is 13.7. The zero-order chi connectivity index (χ0) is 15.2. The maximum absolute atomic E-state index is 6.10. The fourth-order valence-electron chi connectivity index (χ4n) is 2.32. The summed E-state index contributed by atoms with van der Waals surface area (Å²) >= 11 is 0. The van der Waals surface area contributed by atoms with Crippen molar-refractivity contribution in [2.75, 3.05) is 0 Å². The molecule has 0 spiro atoms. The Bertz CT molecular complexity index is 581. The number of hydrogen-bond donors (Lipinski definition) is 1. The van der Waals surface area contributed by atoms with E-state index in [-0.39, 0.29) is 6.04 Å². The summed E-state index contributed by atoms with van der Waals surface area (Å²) in [4.78, 5) is 4.38. The van der Waals surface area contributed by atoms with Crippen LogP contribution in [0.3, 0.4) is 0 Å². The van der Waals surface area contributed by atoms with Gasteiger partial charge in [-0.25, -0.2) is 4.98 Å². The number of hydrogen-bond acceptors (Lipinski definition) is 3. The fourth-order valence-corrected chi connectivity index (χ4v) is 2.32. The monoisotopic (exact) mass is 284 g/mol. The number of nitrogens with two attached hydrogens (primary N) is 1. The van der Waals surface area contributed by atoms with Crippen LogP contribution in [0, 0.1) is 0 Å². The van der Waals surface area contributed by atoms with Crippen molar-refractivity contribution in [1.82, 2.24) is 4.98 Å². The number of rotatable bonds is 6. The van der Waals surface area contributed by atoms with E-state index in [9.17, 15) is 0 Å². The first-order valence-corrected chi connectivity index (χ1v) is 7.58. The van der Waals surface area contributed by atoms with Crippen molar-refractivity contribution < 1.29 is 4.74 Å². The third-order valence-electron chi connectivity index (χ3n) is 3.66. The van der Waals surface area contributed by atoms with E-state index in [1.807, 2.05) is 31.2 Å². The fraction of sp³-hybridized carbons (Fsp3) is 0.389. The van der Waals surface area contributed by atoms with Crippen molar-refractivity contribution >= 4 is 0 Å². The predicted molar refractivity (Wildman–Crippen MR) is 86.8 cm³/mol. The average Bonchev–Trinajstić information content (AvgIpc) is 2.48. The van der Waals surface area contributed by atoms with Gasteiger partial charge in [0, 0.05) is 17.8 Å². The summed E-state index contributed by atoms with van der Waals surface area (Å²) in [5.41, 5.74) is 8.17. The topological polar surface area (TPSA) is 48.1 Å². The Morgan fingerprint density at radius 1 is 1.14 bits per heavy atom. The first-order chi connectivity index (χ1) is 10.1. The number of ether oxygens (including phenoxy) is 1. The van der Waals surface area contributed by atoms with Crippen LogP contribution < -0.4 is 10.5 Å². The van der Waals surface area contributed by atoms with Crippen molar-refractivity contribution in [3.8, 4) is 11.6 Å². The van der Waals surface area contributed by atoms with Gasteiger partial charge in [-0.1, -0.05) is 38.1 Å². The van der Waals surface area contributed by atoms with Gasteiger partial charge in [0.25, 0.3) is 0 Å². The Morgan fingerprint density at radius 2 is 1.90 bits per heavy atom. The van der Waals surface area contributed by atoms with E-state index in [4.69, 9.17) is 10.5 Å².